The van der Waals surface area contributed by atoms with Gasteiger partial charge in [-0.3, -0.25) is 19.2 Å². The summed E-state index contributed by atoms with van der Waals surface area (Å²) in [5.74, 6) is 1.04. The topological polar surface area (TPSA) is 330 Å². The van der Waals surface area contributed by atoms with E-state index in [9.17, 15) is 54.9 Å². The fourth-order valence-corrected chi connectivity index (χ4v) is 40.7. The van der Waals surface area contributed by atoms with Crippen molar-refractivity contribution in [2.75, 3.05) is 59.5 Å². The van der Waals surface area contributed by atoms with Crippen LogP contribution in [0.1, 0.15) is 390 Å². The number of Topliss-reactive ketones (excluding diaryl/α,β-unsaturated/α-hetero) is 1. The predicted octanol–water partition coefficient (Wildman–Crippen LogP) is 23.4. The quantitative estimate of drug-likeness (QED) is 0.0368. The Bertz CT molecular complexity index is 4660. The largest absolute Gasteiger partial charge is 0.462 e. The van der Waals surface area contributed by atoms with Gasteiger partial charge < -0.3 is 96.4 Å². The first kappa shape index (κ1) is 119. The summed E-state index contributed by atoms with van der Waals surface area (Å²) in [7, 11) is -5.53. The average molecular weight is 2150 g/mol. The number of ether oxygens (including phenoxy) is 10. The maximum atomic E-state index is 13.2. The van der Waals surface area contributed by atoms with Crippen LogP contribution >= 0.6 is 0 Å². The van der Waals surface area contributed by atoms with Crippen LogP contribution in [0.4, 0.5) is 0 Å². The van der Waals surface area contributed by atoms with Crippen molar-refractivity contribution < 1.29 is 116 Å². The van der Waals surface area contributed by atoms with Gasteiger partial charge in [-0.2, -0.15) is 0 Å². The van der Waals surface area contributed by atoms with Crippen LogP contribution in [-0.4, -0.2) is 228 Å². The van der Waals surface area contributed by atoms with Crippen LogP contribution in [0.15, 0.2) is 12.2 Å². The number of aliphatic hydroxyl groups is 7. The Morgan fingerprint density at radius 2 is 0.718 bits per heavy atom. The monoisotopic (exact) mass is 2140 g/mol. The lowest BCUT2D eigenvalue weighted by Gasteiger charge is -2.57. The highest BCUT2D eigenvalue weighted by Gasteiger charge is 2.74. The zero-order valence-corrected chi connectivity index (χ0v) is 101. The standard InChI is InChI=1S/C28H50O6Si.C28H50O5Si.C27H46O5Si.C20H32O5.C19H32O3/c1-19(30)33-24-22(10-13-27(6)23(24)11-14-28(27)31-15-16-32-28)26(5)12-9-21(17-20(26)18-29)34-35(7,8)25(2,3)4;1-24(2,3)34(7,8)33-20-9-12-25(4)19(17-20)18-27(6,29)32-23-21(25)10-13-26(5)22(23)11-14-28(26)30-15-16-31-28;1-24(2,3)33(6,7)32-19-8-11-25(4)18(16-19)17-22(28)31-23-20(25)9-12-26(5)21(23)10-13-27(26)29-14-15-30-27;1-12(22)25-18-15-4-5-17(24)20(15,3)9-7-16(18)19(2)8-6-14(23)10-13(19)11-21;1-12-4-5-15-17(22)16(7-9-18(12,15)2)19(3)8-6-14(21)10-13(19)11-20/h20-24,29H,9-18H2,1-8H3;19-23,29H,9-18H2,1-8H3;18-21,23H,8-17H2,1-7H3;13-16,18,21,23H,4-11H2,1-3H3;13-17,20-22H,1,4-11H2,2-3H3/t20-,21+,22?,23?,24?,26+,27+;19?,20-,21?,22?,23?,25-,26-,27?;18?,19-,20?,21?,23?,25-,26-;13-,14+,15?,16?,18?,19+,20+;13-,14+,15?,16?,17+,18-,19+/m10011/s1. The molecule has 0 radical (unpaired) electrons. The van der Waals surface area contributed by atoms with E-state index >= 15 is 0 Å². The van der Waals surface area contributed by atoms with E-state index in [1.54, 1.807) is 0 Å². The summed E-state index contributed by atoms with van der Waals surface area (Å²) < 4.78 is 83.3. The number of carbonyl (C=O) groups is 4. The molecule has 15 aliphatic carbocycles. The van der Waals surface area contributed by atoms with Gasteiger partial charge in [0.2, 0.25) is 0 Å². The van der Waals surface area contributed by atoms with Gasteiger partial charge in [0.15, 0.2) is 48.1 Å². The Balaban J connectivity index is 0.000000134. The molecular formula is C122H210O24Si3. The third-order valence-corrected chi connectivity index (χ3v) is 63.1. The van der Waals surface area contributed by atoms with E-state index in [2.05, 4.69) is 170 Å². The number of allylic oxidation sites excluding steroid dienone is 1. The Labute approximate surface area is 901 Å². The summed E-state index contributed by atoms with van der Waals surface area (Å²) in [4.78, 5) is 49.8. The zero-order valence-electron chi connectivity index (χ0n) is 98.2. The van der Waals surface area contributed by atoms with Crippen LogP contribution in [0.3, 0.4) is 0 Å². The summed E-state index contributed by atoms with van der Waals surface area (Å²) in [6.45, 7) is 71.4. The molecule has 5 saturated heterocycles. The molecule has 24 nitrogen and oxygen atoms in total. The number of rotatable bonds is 14. The van der Waals surface area contributed by atoms with Crippen molar-refractivity contribution >= 4 is 48.6 Å². The summed E-state index contributed by atoms with van der Waals surface area (Å²) in [5.41, 5.74) is 0.752. The number of carbonyl (C=O) groups excluding carboxylic acids is 4. The first-order valence-corrected chi connectivity index (χ1v) is 68.8. The molecule has 5 heterocycles. The molecule has 17 unspecified atom stereocenters. The highest BCUT2D eigenvalue weighted by atomic mass is 28.4. The lowest BCUT2D eigenvalue weighted by molar-refractivity contribution is -0.282. The second-order valence-electron chi connectivity index (χ2n) is 59.9. The summed E-state index contributed by atoms with van der Waals surface area (Å²) in [5, 5.41) is 73.6. The molecule has 0 aromatic carbocycles. The van der Waals surface area contributed by atoms with E-state index in [0.29, 0.717) is 125 Å². The number of aliphatic hydroxyl groups excluding tert-OH is 6. The van der Waals surface area contributed by atoms with Crippen molar-refractivity contribution in [1.29, 1.82) is 0 Å². The summed E-state index contributed by atoms with van der Waals surface area (Å²) >= 11 is 0. The number of esters is 3. The highest BCUT2D eigenvalue weighted by Crippen LogP contribution is 2.73. The molecule has 15 saturated carbocycles. The van der Waals surface area contributed by atoms with E-state index in [-0.39, 0.29) is 209 Å². The van der Waals surface area contributed by atoms with Gasteiger partial charge in [-0.1, -0.05) is 144 Å². The van der Waals surface area contributed by atoms with Crippen LogP contribution in [0.25, 0.3) is 0 Å². The fraction of sp³-hybridized carbons (Fsp3) is 0.951. The highest BCUT2D eigenvalue weighted by molar-refractivity contribution is 6.75. The normalized spacial score (nSPS) is 46.7. The minimum atomic E-state index is -1.88. The molecule has 36 atom stereocenters. The van der Waals surface area contributed by atoms with Gasteiger partial charge in [0, 0.05) is 148 Å². The van der Waals surface area contributed by atoms with Gasteiger partial charge in [-0.25, -0.2) is 0 Å². The summed E-state index contributed by atoms with van der Waals surface area (Å²) in [6.07, 6.45) is 34.1. The molecule has 5 aliphatic heterocycles. The second kappa shape index (κ2) is 42.9. The van der Waals surface area contributed by atoms with Crippen LogP contribution in [0.5, 0.6) is 0 Å². The third-order valence-electron chi connectivity index (χ3n) is 49.5. The number of hydrogen-bond donors (Lipinski definition) is 7. The Hall–Kier alpha value is -2.21. The maximum absolute atomic E-state index is 13.2. The minimum Gasteiger partial charge on any atom is -0.462 e. The van der Waals surface area contributed by atoms with Crippen LogP contribution in [0.2, 0.25) is 54.4 Å². The van der Waals surface area contributed by atoms with Gasteiger partial charge in [0.05, 0.1) is 64.1 Å². The minimum absolute atomic E-state index is 0.000712. The molecule has 0 amide bonds. The number of ketones is 1. The van der Waals surface area contributed by atoms with E-state index in [4.69, 9.17) is 60.6 Å². The van der Waals surface area contributed by atoms with E-state index in [1.807, 2.05) is 13.8 Å². The zero-order chi connectivity index (χ0) is 109. The first-order valence-electron chi connectivity index (χ1n) is 60.1. The molecule has 149 heavy (non-hydrogen) atoms. The van der Waals surface area contributed by atoms with Gasteiger partial charge >= 0.3 is 17.9 Å². The summed E-state index contributed by atoms with van der Waals surface area (Å²) in [6, 6.07) is 0. The van der Waals surface area contributed by atoms with Crippen LogP contribution in [-0.2, 0) is 79.8 Å². The Kier molecular flexibility index (Phi) is 34.4. The van der Waals surface area contributed by atoms with E-state index in [0.717, 1.165) is 199 Å². The molecule has 0 aromatic heterocycles. The molecule has 0 aromatic rings. The molecule has 0 bridgehead atoms. The fourth-order valence-electron chi connectivity index (χ4n) is 36.5. The number of fused-ring (bicyclic) bond motifs is 16. The Morgan fingerprint density at radius 1 is 0.376 bits per heavy atom. The van der Waals surface area contributed by atoms with Crippen LogP contribution < -0.4 is 0 Å². The first-order chi connectivity index (χ1) is 69.2. The molecule has 7 N–H and O–H groups in total. The van der Waals surface area contributed by atoms with Crippen molar-refractivity contribution in [2.45, 2.75) is 528 Å². The lowest BCUT2D eigenvalue weighted by atomic mass is 9.51. The van der Waals surface area contributed by atoms with Crippen molar-refractivity contribution in [3.05, 3.63) is 12.2 Å². The average Bonchev–Trinajstić information content (AvgIpc) is 1.57. The van der Waals surface area contributed by atoms with Crippen molar-refractivity contribution in [2.24, 2.45) is 143 Å². The number of hydrogen-bond acceptors (Lipinski definition) is 24. The molecule has 27 heteroatoms. The SMILES string of the molecule is C=C1CCC2[C@H](O)C([C@@]3(C)CC[C@H](O)C[C@@H]3CO)CC[C@]12C.CC(=O)OC1C2CCC(=O)[C@@]2(C)CCC1[C@@]1(C)CC[C@H](O)C[C@@H]1CO.CC(=O)OC1C2CCC3(OCCO3)[C@@]2(C)CCC1[C@@]1(C)CC[C@H](O[Si](C)(C)C(C)(C)C)C[C@@H]1CO.CC(C)(C)[Si](C)(C)O[C@H]1CC[C@@]2(C)C(CC(=O)OC3C2CC[C@@]2(C)C3CCC23OCCO3)C1.CC1(O)CC2C[C@@H](O[Si](C)(C)C(C)(C)C)CC[C@]2(C)C2CC[C@@]3(C)C(CCC34OCCO4)C2O1. The van der Waals surface area contributed by atoms with Crippen LogP contribution in [0, 0.1) is 143 Å². The van der Waals surface area contributed by atoms with Gasteiger partial charge in [-0.05, 0) is 346 Å². The molecule has 20 fully saturated rings. The van der Waals surface area contributed by atoms with E-state index in [1.165, 1.54) is 25.8 Å². The third kappa shape index (κ3) is 21.3. The van der Waals surface area contributed by atoms with Gasteiger partial charge in [0.25, 0.3) is 0 Å². The molecular weight excluding hydrogens is 1930 g/mol. The van der Waals surface area contributed by atoms with Gasteiger partial charge in [0.1, 0.15) is 24.1 Å². The van der Waals surface area contributed by atoms with Crippen molar-refractivity contribution in [3.8, 4) is 0 Å². The lowest BCUT2D eigenvalue weighted by Crippen LogP contribution is -2.58. The van der Waals surface area contributed by atoms with Crippen molar-refractivity contribution in [1.82, 2.24) is 0 Å². The van der Waals surface area contributed by atoms with Gasteiger partial charge in [-0.15, -0.1) is 0 Å². The van der Waals surface area contributed by atoms with E-state index < -0.39 is 48.1 Å². The Morgan fingerprint density at radius 3 is 1.16 bits per heavy atom. The predicted molar refractivity (Wildman–Crippen MR) is 584 cm³/mol. The molecule has 3 spiro atoms. The maximum Gasteiger partial charge on any atom is 0.306 e. The molecule has 20 aliphatic rings. The second-order valence-corrected chi connectivity index (χ2v) is 74.2. The molecule has 854 valence electrons. The molecule has 20 rings (SSSR count). The smallest absolute Gasteiger partial charge is 0.306 e. The van der Waals surface area contributed by atoms with Crippen molar-refractivity contribution in [3.63, 3.8) is 0 Å².